The van der Waals surface area contributed by atoms with E-state index in [1.54, 1.807) is 13.3 Å². The molecule has 1 heterocycles. The molecule has 0 aliphatic carbocycles. The van der Waals surface area contributed by atoms with Crippen LogP contribution in [-0.2, 0) is 4.74 Å². The summed E-state index contributed by atoms with van der Waals surface area (Å²) >= 11 is 3.44. The molecule has 0 fully saturated rings. The van der Waals surface area contributed by atoms with Crippen LogP contribution in [0.1, 0.15) is 6.92 Å². The molecule has 0 amide bonds. The van der Waals surface area contributed by atoms with Crippen molar-refractivity contribution in [2.75, 3.05) is 57.6 Å². The molecule has 1 aromatic heterocycles. The number of nitrogens with zero attached hydrogens (tertiary/aromatic N) is 3. The Morgan fingerprint density at radius 3 is 2.84 bits per heavy atom. The number of likely N-dealkylation sites (N-methyl/N-ethyl adjacent to an activating group) is 1. The Hall–Kier alpha value is -0.920. The molecule has 2 N–H and O–H groups in total. The Morgan fingerprint density at radius 1 is 1.37 bits per heavy atom. The molecule has 0 aromatic carbocycles. The number of rotatable bonds is 9. The predicted molar refractivity (Wildman–Crippen MR) is 81.8 cm³/mol. The molecule has 0 spiro atoms. The van der Waals surface area contributed by atoms with Crippen molar-refractivity contribution in [2.24, 2.45) is 0 Å². The van der Waals surface area contributed by atoms with Crippen LogP contribution in [0.5, 0.6) is 0 Å². The number of methoxy groups -OCH3 is 1. The standard InChI is InChI=1S/C12H22BrN5O/c1-4-14-12-16-9-10(13)11(17-12)15-5-6-18(2)7-8-19-3/h9H,4-8H2,1-3H3,(H2,14,15,16,17). The molecule has 1 rings (SSSR count). The zero-order valence-corrected chi connectivity index (χ0v) is 13.3. The number of ether oxygens (including phenoxy) is 1. The summed E-state index contributed by atoms with van der Waals surface area (Å²) in [5, 5.41) is 6.39. The van der Waals surface area contributed by atoms with Crippen LogP contribution in [0, 0.1) is 0 Å². The first kappa shape index (κ1) is 16.1. The highest BCUT2D eigenvalue weighted by atomic mass is 79.9. The first-order valence-corrected chi connectivity index (χ1v) is 7.14. The van der Waals surface area contributed by atoms with Crippen molar-refractivity contribution < 1.29 is 4.74 Å². The number of anilines is 2. The smallest absolute Gasteiger partial charge is 0.224 e. The summed E-state index contributed by atoms with van der Waals surface area (Å²) in [6.07, 6.45) is 1.75. The maximum Gasteiger partial charge on any atom is 0.224 e. The Bertz CT molecular complexity index is 377. The minimum absolute atomic E-state index is 0.640. The zero-order chi connectivity index (χ0) is 14.1. The largest absolute Gasteiger partial charge is 0.383 e. The van der Waals surface area contributed by atoms with Gasteiger partial charge in [0.25, 0.3) is 0 Å². The normalized spacial score (nSPS) is 10.8. The van der Waals surface area contributed by atoms with Crippen LogP contribution < -0.4 is 10.6 Å². The molecule has 0 saturated carbocycles. The van der Waals surface area contributed by atoms with E-state index in [1.807, 2.05) is 6.92 Å². The van der Waals surface area contributed by atoms with E-state index < -0.39 is 0 Å². The van der Waals surface area contributed by atoms with Crippen LogP contribution in [-0.4, -0.2) is 61.8 Å². The van der Waals surface area contributed by atoms with Gasteiger partial charge in [-0.3, -0.25) is 0 Å². The molecular weight excluding hydrogens is 310 g/mol. The number of aromatic nitrogens is 2. The second-order valence-corrected chi connectivity index (χ2v) is 5.00. The van der Waals surface area contributed by atoms with Gasteiger partial charge in [-0.1, -0.05) is 0 Å². The molecule has 108 valence electrons. The second kappa shape index (κ2) is 9.06. The average Bonchev–Trinajstić information content (AvgIpc) is 2.40. The molecule has 1 aromatic rings. The fourth-order valence-electron chi connectivity index (χ4n) is 1.46. The van der Waals surface area contributed by atoms with Gasteiger partial charge in [0.15, 0.2) is 0 Å². The highest BCUT2D eigenvalue weighted by Gasteiger charge is 2.04. The third kappa shape index (κ3) is 6.17. The average molecular weight is 332 g/mol. The molecule has 6 nitrogen and oxygen atoms in total. The van der Waals surface area contributed by atoms with E-state index in [0.29, 0.717) is 5.95 Å². The minimum Gasteiger partial charge on any atom is -0.383 e. The van der Waals surface area contributed by atoms with Gasteiger partial charge in [0.2, 0.25) is 5.95 Å². The third-order valence-corrected chi connectivity index (χ3v) is 3.12. The van der Waals surface area contributed by atoms with Crippen molar-refractivity contribution in [2.45, 2.75) is 6.92 Å². The third-order valence-electron chi connectivity index (χ3n) is 2.54. The monoisotopic (exact) mass is 331 g/mol. The van der Waals surface area contributed by atoms with Crippen LogP contribution in [0.15, 0.2) is 10.7 Å². The second-order valence-electron chi connectivity index (χ2n) is 4.14. The van der Waals surface area contributed by atoms with E-state index in [4.69, 9.17) is 4.74 Å². The van der Waals surface area contributed by atoms with E-state index >= 15 is 0 Å². The lowest BCUT2D eigenvalue weighted by atomic mass is 10.5. The first-order chi connectivity index (χ1) is 9.17. The van der Waals surface area contributed by atoms with Crippen molar-refractivity contribution in [3.8, 4) is 0 Å². The van der Waals surface area contributed by atoms with Gasteiger partial charge in [-0.05, 0) is 29.9 Å². The quantitative estimate of drug-likeness (QED) is 0.717. The van der Waals surface area contributed by atoms with Crippen LogP contribution in [0.25, 0.3) is 0 Å². The van der Waals surface area contributed by atoms with Gasteiger partial charge in [0, 0.05) is 39.5 Å². The highest BCUT2D eigenvalue weighted by Crippen LogP contribution is 2.19. The maximum absolute atomic E-state index is 5.04. The van der Waals surface area contributed by atoms with E-state index in [9.17, 15) is 0 Å². The van der Waals surface area contributed by atoms with Crippen molar-refractivity contribution in [1.82, 2.24) is 14.9 Å². The van der Waals surface area contributed by atoms with Crippen molar-refractivity contribution in [3.05, 3.63) is 10.7 Å². The summed E-state index contributed by atoms with van der Waals surface area (Å²) in [6.45, 7) is 6.24. The van der Waals surface area contributed by atoms with E-state index in [-0.39, 0.29) is 0 Å². The van der Waals surface area contributed by atoms with Crippen LogP contribution in [0.4, 0.5) is 11.8 Å². The Labute approximate surface area is 123 Å². The number of hydrogen-bond acceptors (Lipinski definition) is 6. The molecular formula is C12H22BrN5O. The first-order valence-electron chi connectivity index (χ1n) is 6.35. The molecule has 7 heteroatoms. The Balaban J connectivity index is 2.41. The molecule has 19 heavy (non-hydrogen) atoms. The Kier molecular flexibility index (Phi) is 7.69. The van der Waals surface area contributed by atoms with Crippen molar-refractivity contribution in [3.63, 3.8) is 0 Å². The lowest BCUT2D eigenvalue weighted by molar-refractivity contribution is 0.163. The number of nitrogens with one attached hydrogen (secondary N) is 2. The summed E-state index contributed by atoms with van der Waals surface area (Å²) in [5.74, 6) is 1.45. The lowest BCUT2D eigenvalue weighted by Crippen LogP contribution is -2.28. The summed E-state index contributed by atoms with van der Waals surface area (Å²) in [6, 6.07) is 0. The molecule has 0 bridgehead atoms. The van der Waals surface area contributed by atoms with Gasteiger partial charge < -0.3 is 20.3 Å². The molecule has 0 saturated heterocycles. The summed E-state index contributed by atoms with van der Waals surface area (Å²) in [7, 11) is 3.78. The fraction of sp³-hybridized carbons (Fsp3) is 0.667. The topological polar surface area (TPSA) is 62.3 Å². The number of hydrogen-bond donors (Lipinski definition) is 2. The SMILES string of the molecule is CCNc1ncc(Br)c(NCCN(C)CCOC)n1. The van der Waals surface area contributed by atoms with Gasteiger partial charge in [0.05, 0.1) is 11.1 Å². The minimum atomic E-state index is 0.640. The van der Waals surface area contributed by atoms with Gasteiger partial charge in [-0.2, -0.15) is 4.98 Å². The van der Waals surface area contributed by atoms with Crippen LogP contribution >= 0.6 is 15.9 Å². The van der Waals surface area contributed by atoms with Gasteiger partial charge in [-0.15, -0.1) is 0 Å². The van der Waals surface area contributed by atoms with Crippen LogP contribution in [0.3, 0.4) is 0 Å². The van der Waals surface area contributed by atoms with E-state index in [2.05, 4.69) is 48.5 Å². The van der Waals surface area contributed by atoms with Crippen LogP contribution in [0.2, 0.25) is 0 Å². The zero-order valence-electron chi connectivity index (χ0n) is 11.7. The fourth-order valence-corrected chi connectivity index (χ4v) is 1.79. The molecule has 0 atom stereocenters. The molecule has 0 aliphatic rings. The van der Waals surface area contributed by atoms with E-state index in [1.165, 1.54) is 0 Å². The van der Waals surface area contributed by atoms with Gasteiger partial charge in [-0.25, -0.2) is 4.98 Å². The highest BCUT2D eigenvalue weighted by molar-refractivity contribution is 9.10. The predicted octanol–water partition coefficient (Wildman–Crippen LogP) is 1.66. The summed E-state index contributed by atoms with van der Waals surface area (Å²) in [5.41, 5.74) is 0. The maximum atomic E-state index is 5.04. The van der Waals surface area contributed by atoms with Crippen molar-refractivity contribution in [1.29, 1.82) is 0 Å². The molecule has 0 radical (unpaired) electrons. The Morgan fingerprint density at radius 2 is 2.16 bits per heavy atom. The van der Waals surface area contributed by atoms with Crippen molar-refractivity contribution >= 4 is 27.7 Å². The lowest BCUT2D eigenvalue weighted by Gasteiger charge is -2.17. The van der Waals surface area contributed by atoms with Gasteiger partial charge >= 0.3 is 0 Å². The van der Waals surface area contributed by atoms with Gasteiger partial charge in [0.1, 0.15) is 5.82 Å². The molecule has 0 aliphatic heterocycles. The number of halogens is 1. The van der Waals surface area contributed by atoms with E-state index in [0.717, 1.165) is 43.1 Å². The molecule has 0 unspecified atom stereocenters. The summed E-state index contributed by atoms with van der Waals surface area (Å²) in [4.78, 5) is 10.8. The summed E-state index contributed by atoms with van der Waals surface area (Å²) < 4.78 is 5.91.